The van der Waals surface area contributed by atoms with Crippen LogP contribution in [0, 0.1) is 11.8 Å². The summed E-state index contributed by atoms with van der Waals surface area (Å²) < 4.78 is 22.4. The highest BCUT2D eigenvalue weighted by Gasteiger charge is 2.60. The molecular weight excluding hydrogens is 394 g/mol. The molecule has 1 N–H and O–H groups in total. The summed E-state index contributed by atoms with van der Waals surface area (Å²) in [5.41, 5.74) is 1.44. The topological polar surface area (TPSA) is 60.4 Å². The molecule has 174 valence electrons. The predicted octanol–water partition coefficient (Wildman–Crippen LogP) is 3.22. The molecule has 1 aromatic rings. The smallest absolute Gasteiger partial charge is 0.115 e. The van der Waals surface area contributed by atoms with E-state index in [1.54, 1.807) is 13.2 Å². The van der Waals surface area contributed by atoms with E-state index < -0.39 is 0 Å². The van der Waals surface area contributed by atoms with E-state index >= 15 is 0 Å². The van der Waals surface area contributed by atoms with Crippen molar-refractivity contribution in [3.05, 3.63) is 29.8 Å². The number of phenolic OH excluding ortho intramolecular Hbond substituents is 1. The largest absolute Gasteiger partial charge is 0.508 e. The highest BCUT2D eigenvalue weighted by molar-refractivity contribution is 5.38. The van der Waals surface area contributed by atoms with Gasteiger partial charge in [-0.15, -0.1) is 0 Å². The van der Waals surface area contributed by atoms with Gasteiger partial charge in [0, 0.05) is 18.6 Å². The van der Waals surface area contributed by atoms with Crippen molar-refractivity contribution in [1.82, 2.24) is 4.90 Å². The highest BCUT2D eigenvalue weighted by Crippen LogP contribution is 2.61. The predicted molar refractivity (Wildman–Crippen MR) is 120 cm³/mol. The molecule has 1 heterocycles. The lowest BCUT2D eigenvalue weighted by atomic mass is 9.59. The number of rotatable bonds is 11. The van der Waals surface area contributed by atoms with Crippen molar-refractivity contribution in [1.29, 1.82) is 0 Å². The maximum atomic E-state index is 10.2. The first-order valence-electron chi connectivity index (χ1n) is 11.9. The van der Waals surface area contributed by atoms with Gasteiger partial charge >= 0.3 is 0 Å². The lowest BCUT2D eigenvalue weighted by molar-refractivity contribution is -0.0485. The van der Waals surface area contributed by atoms with E-state index in [2.05, 4.69) is 18.0 Å². The molecule has 1 saturated heterocycles. The maximum Gasteiger partial charge on any atom is 0.115 e. The zero-order valence-electron chi connectivity index (χ0n) is 19.1. The Morgan fingerprint density at radius 1 is 1.03 bits per heavy atom. The van der Waals surface area contributed by atoms with Crippen molar-refractivity contribution in [2.24, 2.45) is 11.8 Å². The summed E-state index contributed by atoms with van der Waals surface area (Å²) in [6.45, 7) is 4.80. The van der Waals surface area contributed by atoms with Gasteiger partial charge in [-0.2, -0.15) is 0 Å². The number of hydrogen-bond donors (Lipinski definition) is 1. The van der Waals surface area contributed by atoms with Gasteiger partial charge < -0.3 is 29.0 Å². The van der Waals surface area contributed by atoms with E-state index in [1.807, 2.05) is 12.1 Å². The number of fused-ring (bicyclic) bond motifs is 5. The van der Waals surface area contributed by atoms with Gasteiger partial charge in [0.05, 0.1) is 45.7 Å². The lowest BCUT2D eigenvalue weighted by Crippen LogP contribution is -2.47. The van der Waals surface area contributed by atoms with E-state index in [-0.39, 0.29) is 11.5 Å². The van der Waals surface area contributed by atoms with E-state index in [0.717, 1.165) is 12.8 Å². The normalized spacial score (nSPS) is 32.8. The Labute approximate surface area is 186 Å². The number of likely N-dealkylation sites (tertiary alicyclic amines) is 1. The van der Waals surface area contributed by atoms with Crippen molar-refractivity contribution in [3.63, 3.8) is 0 Å². The van der Waals surface area contributed by atoms with Crippen LogP contribution in [0.2, 0.25) is 0 Å². The van der Waals surface area contributed by atoms with Crippen LogP contribution in [0.15, 0.2) is 24.3 Å². The van der Waals surface area contributed by atoms with Crippen LogP contribution in [0.5, 0.6) is 5.75 Å². The Balaban J connectivity index is 1.35. The number of aromatic hydroxyl groups is 1. The standard InChI is InChI=1S/C25H39NO5/c1-26-9-8-20-17-24(26)23-7-6-22(31-15-14-30-13-12-29-11-10-28-2)18-25(20,23)19-4-3-5-21(27)16-19/h3-5,16,20,22-24,27H,6-15,17-18H2,1-2H3/t20-,22-,23?,24-,25-/m1/s1. The molecule has 2 saturated carbocycles. The van der Waals surface area contributed by atoms with Gasteiger partial charge in [-0.3, -0.25) is 0 Å². The summed E-state index contributed by atoms with van der Waals surface area (Å²) in [6, 6.07) is 8.71. The zero-order chi connectivity index (χ0) is 21.7. The summed E-state index contributed by atoms with van der Waals surface area (Å²) in [4.78, 5) is 2.58. The Morgan fingerprint density at radius 2 is 1.81 bits per heavy atom. The molecule has 5 atom stereocenters. The number of methoxy groups -OCH3 is 1. The fourth-order valence-electron chi connectivity index (χ4n) is 6.56. The molecule has 1 unspecified atom stereocenters. The van der Waals surface area contributed by atoms with Crippen LogP contribution >= 0.6 is 0 Å². The summed E-state index contributed by atoms with van der Waals surface area (Å²) in [6.07, 6.45) is 6.12. The highest BCUT2D eigenvalue weighted by atomic mass is 16.6. The molecule has 2 bridgehead atoms. The van der Waals surface area contributed by atoms with Crippen LogP contribution in [0.4, 0.5) is 0 Å². The third kappa shape index (κ3) is 4.93. The first kappa shape index (κ1) is 23.0. The van der Waals surface area contributed by atoms with Gasteiger partial charge in [-0.05, 0) is 75.2 Å². The van der Waals surface area contributed by atoms with E-state index in [1.165, 1.54) is 31.4 Å². The maximum absolute atomic E-state index is 10.2. The number of piperidine rings is 1. The molecule has 1 aliphatic heterocycles. The SMILES string of the molecule is COCCOCCOCCO[C@@H]1CCC2[C@H]3C[C@@H](CCN3C)[C@]2(c2cccc(O)c2)C1. The Hall–Kier alpha value is -1.18. The number of nitrogens with zero attached hydrogens (tertiary/aromatic N) is 1. The second-order valence-corrected chi connectivity index (χ2v) is 9.46. The van der Waals surface area contributed by atoms with Crippen molar-refractivity contribution in [2.45, 2.75) is 49.7 Å². The van der Waals surface area contributed by atoms with Gasteiger partial charge in [0.25, 0.3) is 0 Å². The molecule has 3 aliphatic rings. The molecular formula is C25H39NO5. The second kappa shape index (κ2) is 10.6. The van der Waals surface area contributed by atoms with E-state index in [0.29, 0.717) is 63.3 Å². The number of benzene rings is 1. The monoisotopic (exact) mass is 433 g/mol. The first-order valence-corrected chi connectivity index (χ1v) is 11.9. The first-order chi connectivity index (χ1) is 15.1. The molecule has 4 rings (SSSR count). The average Bonchev–Trinajstić information content (AvgIpc) is 3.05. The molecule has 0 spiro atoms. The number of phenols is 1. The quantitative estimate of drug-likeness (QED) is 0.541. The second-order valence-electron chi connectivity index (χ2n) is 9.46. The van der Waals surface area contributed by atoms with Crippen molar-refractivity contribution in [3.8, 4) is 5.75 Å². The molecule has 3 fully saturated rings. The molecule has 0 aromatic heterocycles. The van der Waals surface area contributed by atoms with Crippen LogP contribution in [-0.4, -0.2) is 82.5 Å². The average molecular weight is 434 g/mol. The minimum Gasteiger partial charge on any atom is -0.508 e. The van der Waals surface area contributed by atoms with Crippen molar-refractivity contribution in [2.75, 3.05) is 60.3 Å². The minimum absolute atomic E-state index is 0.118. The zero-order valence-corrected chi connectivity index (χ0v) is 19.1. The Bertz CT molecular complexity index is 700. The van der Waals surface area contributed by atoms with Gasteiger partial charge in [0.2, 0.25) is 0 Å². The van der Waals surface area contributed by atoms with E-state index in [9.17, 15) is 5.11 Å². The van der Waals surface area contributed by atoms with E-state index in [4.69, 9.17) is 18.9 Å². The number of ether oxygens (including phenoxy) is 4. The fraction of sp³-hybridized carbons (Fsp3) is 0.760. The van der Waals surface area contributed by atoms with Crippen molar-refractivity contribution < 1.29 is 24.1 Å². The molecule has 2 aliphatic carbocycles. The minimum atomic E-state index is 0.118. The Kier molecular flexibility index (Phi) is 7.88. The third-order valence-corrected chi connectivity index (χ3v) is 7.91. The molecule has 0 amide bonds. The van der Waals surface area contributed by atoms with Crippen LogP contribution in [-0.2, 0) is 24.4 Å². The van der Waals surface area contributed by atoms with Crippen LogP contribution < -0.4 is 0 Å². The summed E-state index contributed by atoms with van der Waals surface area (Å²) in [5.74, 6) is 1.70. The number of hydrogen-bond acceptors (Lipinski definition) is 6. The summed E-state index contributed by atoms with van der Waals surface area (Å²) in [7, 11) is 3.96. The summed E-state index contributed by atoms with van der Waals surface area (Å²) >= 11 is 0. The van der Waals surface area contributed by atoms with Crippen LogP contribution in [0.25, 0.3) is 0 Å². The molecule has 6 nitrogen and oxygen atoms in total. The van der Waals surface area contributed by atoms with Gasteiger partial charge in [-0.1, -0.05) is 12.1 Å². The fourth-order valence-corrected chi connectivity index (χ4v) is 6.56. The van der Waals surface area contributed by atoms with Crippen LogP contribution in [0.1, 0.15) is 37.7 Å². The van der Waals surface area contributed by atoms with Gasteiger partial charge in [0.15, 0.2) is 0 Å². The Morgan fingerprint density at radius 3 is 2.58 bits per heavy atom. The molecule has 31 heavy (non-hydrogen) atoms. The molecule has 0 radical (unpaired) electrons. The van der Waals surface area contributed by atoms with Gasteiger partial charge in [0.1, 0.15) is 5.75 Å². The lowest BCUT2D eigenvalue weighted by Gasteiger charge is -2.47. The third-order valence-electron chi connectivity index (χ3n) is 7.91. The molecule has 6 heteroatoms. The van der Waals surface area contributed by atoms with Crippen molar-refractivity contribution >= 4 is 0 Å². The molecule has 1 aromatic carbocycles. The van der Waals surface area contributed by atoms with Gasteiger partial charge in [-0.25, -0.2) is 0 Å². The summed E-state index contributed by atoms with van der Waals surface area (Å²) in [5, 5.41) is 10.2. The van der Waals surface area contributed by atoms with Crippen LogP contribution in [0.3, 0.4) is 0 Å².